The van der Waals surface area contributed by atoms with Gasteiger partial charge in [0.15, 0.2) is 0 Å². The predicted octanol–water partition coefficient (Wildman–Crippen LogP) is 3.06. The summed E-state index contributed by atoms with van der Waals surface area (Å²) in [5.74, 6) is -1.55. The fraction of sp³-hybridized carbons (Fsp3) is 0.300. The van der Waals surface area contributed by atoms with E-state index < -0.39 is 24.5 Å². The van der Waals surface area contributed by atoms with E-state index in [4.69, 9.17) is 0 Å². The second-order valence-electron chi connectivity index (χ2n) is 6.77. The van der Waals surface area contributed by atoms with Crippen LogP contribution in [0.5, 0.6) is 0 Å². The number of benzene rings is 2. The van der Waals surface area contributed by atoms with E-state index in [9.17, 15) is 18.0 Å². The Bertz CT molecular complexity index is 1010. The molecule has 146 valence electrons. The Morgan fingerprint density at radius 2 is 1.93 bits per heavy atom. The van der Waals surface area contributed by atoms with Gasteiger partial charge in [-0.05, 0) is 36.2 Å². The van der Waals surface area contributed by atoms with Gasteiger partial charge in [0, 0.05) is 12.6 Å². The lowest BCUT2D eigenvalue weighted by Crippen LogP contribution is -2.40. The molecule has 1 aliphatic heterocycles. The molecule has 1 unspecified atom stereocenters. The fourth-order valence-electron chi connectivity index (χ4n) is 3.64. The van der Waals surface area contributed by atoms with E-state index in [0.29, 0.717) is 6.54 Å². The molecule has 4 rings (SSSR count). The highest BCUT2D eigenvalue weighted by atomic mass is 19.4. The standard InChI is InChI=1S/C20H19F3N4O/c21-20(22,23)19-26-15-7-3-4-8-17(15)27(19)12-18(28)25-11-16-14-6-2-1-5-13(14)9-10-24-16/h1-8,16,24H,9-12H2,(H,25,28). The summed E-state index contributed by atoms with van der Waals surface area (Å²) in [4.78, 5) is 16.1. The van der Waals surface area contributed by atoms with Gasteiger partial charge in [-0.1, -0.05) is 36.4 Å². The third-order valence-corrected chi connectivity index (χ3v) is 4.93. The number of carbonyl (C=O) groups is 1. The van der Waals surface area contributed by atoms with Gasteiger partial charge < -0.3 is 15.2 Å². The van der Waals surface area contributed by atoms with Gasteiger partial charge in [-0.15, -0.1) is 0 Å². The van der Waals surface area contributed by atoms with Crippen molar-refractivity contribution in [3.63, 3.8) is 0 Å². The van der Waals surface area contributed by atoms with Gasteiger partial charge in [0.25, 0.3) is 0 Å². The monoisotopic (exact) mass is 388 g/mol. The van der Waals surface area contributed by atoms with E-state index >= 15 is 0 Å². The minimum atomic E-state index is -4.64. The number of amides is 1. The topological polar surface area (TPSA) is 59.0 Å². The first kappa shape index (κ1) is 18.5. The molecule has 1 amide bonds. The summed E-state index contributed by atoms with van der Waals surface area (Å²) in [6, 6.07) is 14.2. The number of imidazole rings is 1. The Labute approximate surface area is 159 Å². The molecule has 0 radical (unpaired) electrons. The van der Waals surface area contributed by atoms with Crippen LogP contribution >= 0.6 is 0 Å². The van der Waals surface area contributed by atoms with E-state index in [2.05, 4.69) is 21.7 Å². The summed E-state index contributed by atoms with van der Waals surface area (Å²) in [6.45, 7) is 0.662. The minimum absolute atomic E-state index is 0.0597. The molecule has 28 heavy (non-hydrogen) atoms. The van der Waals surface area contributed by atoms with Crippen LogP contribution in [-0.2, 0) is 23.9 Å². The number of nitrogens with one attached hydrogen (secondary N) is 2. The molecule has 0 saturated carbocycles. The third-order valence-electron chi connectivity index (χ3n) is 4.93. The molecule has 0 bridgehead atoms. The quantitative estimate of drug-likeness (QED) is 0.722. The Morgan fingerprint density at radius 1 is 1.18 bits per heavy atom. The van der Waals surface area contributed by atoms with Gasteiger partial charge in [-0.2, -0.15) is 13.2 Å². The van der Waals surface area contributed by atoms with E-state index in [1.54, 1.807) is 12.1 Å². The van der Waals surface area contributed by atoms with Crippen molar-refractivity contribution in [2.45, 2.75) is 25.2 Å². The van der Waals surface area contributed by atoms with Gasteiger partial charge in [0.1, 0.15) is 6.54 Å². The Hall–Kier alpha value is -2.87. The molecular formula is C20H19F3N4O. The summed E-state index contributed by atoms with van der Waals surface area (Å²) in [5, 5.41) is 6.10. The zero-order valence-corrected chi connectivity index (χ0v) is 15.0. The molecule has 2 aromatic carbocycles. The molecule has 5 nitrogen and oxygen atoms in total. The maximum atomic E-state index is 13.4. The molecule has 8 heteroatoms. The van der Waals surface area contributed by atoms with Crippen LogP contribution in [0.2, 0.25) is 0 Å². The number of hydrogen-bond donors (Lipinski definition) is 2. The minimum Gasteiger partial charge on any atom is -0.353 e. The van der Waals surface area contributed by atoms with E-state index in [1.165, 1.54) is 17.7 Å². The molecule has 1 atom stereocenters. The summed E-state index contributed by atoms with van der Waals surface area (Å²) in [6.07, 6.45) is -3.72. The molecule has 2 N–H and O–H groups in total. The van der Waals surface area contributed by atoms with Gasteiger partial charge in [-0.25, -0.2) is 4.98 Å². The largest absolute Gasteiger partial charge is 0.449 e. The number of halogens is 3. The van der Waals surface area contributed by atoms with Gasteiger partial charge in [0.2, 0.25) is 11.7 Å². The van der Waals surface area contributed by atoms with E-state index in [0.717, 1.165) is 23.1 Å². The lowest BCUT2D eigenvalue weighted by Gasteiger charge is -2.27. The highest BCUT2D eigenvalue weighted by Crippen LogP contribution is 2.31. The molecule has 1 aliphatic rings. The van der Waals surface area contributed by atoms with Crippen LogP contribution < -0.4 is 10.6 Å². The predicted molar refractivity (Wildman–Crippen MR) is 98.6 cm³/mol. The lowest BCUT2D eigenvalue weighted by atomic mass is 9.94. The van der Waals surface area contributed by atoms with Crippen molar-refractivity contribution in [1.29, 1.82) is 0 Å². The van der Waals surface area contributed by atoms with Crippen molar-refractivity contribution < 1.29 is 18.0 Å². The summed E-state index contributed by atoms with van der Waals surface area (Å²) in [5.41, 5.74) is 2.83. The highest BCUT2D eigenvalue weighted by molar-refractivity contribution is 5.81. The Kier molecular flexibility index (Phi) is 4.80. The van der Waals surface area contributed by atoms with Gasteiger partial charge in [-0.3, -0.25) is 4.79 Å². The number of para-hydroxylation sites is 2. The Balaban J connectivity index is 1.51. The number of fused-ring (bicyclic) bond motifs is 2. The fourth-order valence-corrected chi connectivity index (χ4v) is 3.64. The number of nitrogens with zero attached hydrogens (tertiary/aromatic N) is 2. The Morgan fingerprint density at radius 3 is 2.75 bits per heavy atom. The van der Waals surface area contributed by atoms with Crippen molar-refractivity contribution in [2.75, 3.05) is 13.1 Å². The van der Waals surface area contributed by atoms with E-state index in [-0.39, 0.29) is 17.1 Å². The number of alkyl halides is 3. The molecule has 0 aliphatic carbocycles. The van der Waals surface area contributed by atoms with E-state index in [1.807, 2.05) is 18.2 Å². The molecule has 2 heterocycles. The molecule has 0 spiro atoms. The summed E-state index contributed by atoms with van der Waals surface area (Å²) in [7, 11) is 0. The van der Waals surface area contributed by atoms with Crippen molar-refractivity contribution >= 4 is 16.9 Å². The number of rotatable bonds is 4. The summed E-state index contributed by atoms with van der Waals surface area (Å²) < 4.78 is 41.0. The maximum Gasteiger partial charge on any atom is 0.449 e. The van der Waals surface area contributed by atoms with Crippen LogP contribution in [0.3, 0.4) is 0 Å². The van der Waals surface area contributed by atoms with Crippen LogP contribution in [0.25, 0.3) is 11.0 Å². The normalized spacial score (nSPS) is 16.8. The molecule has 3 aromatic rings. The average Bonchev–Trinajstić information content (AvgIpc) is 3.05. The van der Waals surface area contributed by atoms with Crippen LogP contribution in [0.15, 0.2) is 48.5 Å². The maximum absolute atomic E-state index is 13.4. The zero-order valence-electron chi connectivity index (χ0n) is 15.0. The van der Waals surface area contributed by atoms with Crippen molar-refractivity contribution in [3.05, 3.63) is 65.5 Å². The van der Waals surface area contributed by atoms with Gasteiger partial charge >= 0.3 is 6.18 Å². The molecule has 1 aromatic heterocycles. The third kappa shape index (κ3) is 3.60. The number of aromatic nitrogens is 2. The first-order valence-corrected chi connectivity index (χ1v) is 9.04. The lowest BCUT2D eigenvalue weighted by molar-refractivity contribution is -0.147. The number of carbonyl (C=O) groups excluding carboxylic acids is 1. The molecular weight excluding hydrogens is 369 g/mol. The van der Waals surface area contributed by atoms with Crippen molar-refractivity contribution in [3.8, 4) is 0 Å². The smallest absolute Gasteiger partial charge is 0.353 e. The summed E-state index contributed by atoms with van der Waals surface area (Å²) >= 11 is 0. The zero-order chi connectivity index (χ0) is 19.7. The van der Waals surface area contributed by atoms with Crippen LogP contribution in [0.4, 0.5) is 13.2 Å². The average molecular weight is 388 g/mol. The van der Waals surface area contributed by atoms with Crippen molar-refractivity contribution in [2.24, 2.45) is 0 Å². The molecule has 0 fully saturated rings. The van der Waals surface area contributed by atoms with Crippen LogP contribution in [-0.4, -0.2) is 28.5 Å². The first-order chi connectivity index (χ1) is 13.4. The second kappa shape index (κ2) is 7.27. The first-order valence-electron chi connectivity index (χ1n) is 9.04. The van der Waals surface area contributed by atoms with Crippen LogP contribution in [0, 0.1) is 0 Å². The second-order valence-corrected chi connectivity index (χ2v) is 6.77. The highest BCUT2D eigenvalue weighted by Gasteiger charge is 2.38. The number of hydrogen-bond acceptors (Lipinski definition) is 3. The van der Waals surface area contributed by atoms with Crippen molar-refractivity contribution in [1.82, 2.24) is 20.2 Å². The van der Waals surface area contributed by atoms with Crippen LogP contribution in [0.1, 0.15) is 23.0 Å². The van der Waals surface area contributed by atoms with Gasteiger partial charge in [0.05, 0.1) is 11.0 Å². The molecule has 0 saturated heterocycles. The SMILES string of the molecule is O=C(Cn1c(C(F)(F)F)nc2ccccc21)NCC1NCCc2ccccc21.